The van der Waals surface area contributed by atoms with E-state index in [0.29, 0.717) is 24.5 Å². The summed E-state index contributed by atoms with van der Waals surface area (Å²) < 4.78 is 5.42. The van der Waals surface area contributed by atoms with Crippen molar-refractivity contribution in [1.29, 1.82) is 5.26 Å². The zero-order valence-electron chi connectivity index (χ0n) is 8.14. The molecule has 76 valence electrons. The summed E-state index contributed by atoms with van der Waals surface area (Å²) in [5.41, 5.74) is 0.682. The third kappa shape index (κ3) is 1.77. The van der Waals surface area contributed by atoms with Crippen molar-refractivity contribution >= 4 is 11.6 Å². The van der Waals surface area contributed by atoms with Gasteiger partial charge >= 0.3 is 0 Å². The molecule has 0 radical (unpaired) electrons. The fourth-order valence-electron chi connectivity index (χ4n) is 1.56. The summed E-state index contributed by atoms with van der Waals surface area (Å²) in [4.78, 5) is 13.1. The van der Waals surface area contributed by atoms with Gasteiger partial charge in [0.25, 0.3) is 0 Å². The Kier molecular flexibility index (Phi) is 2.55. The molecule has 4 nitrogen and oxygen atoms in total. The maximum atomic E-state index is 11.7. The lowest BCUT2D eigenvalue weighted by molar-refractivity contribution is -0.118. The topological polar surface area (TPSA) is 53.3 Å². The zero-order valence-corrected chi connectivity index (χ0v) is 8.14. The number of hydrogen-bond donors (Lipinski definition) is 0. The molecule has 4 heteroatoms. The molecule has 0 bridgehead atoms. The Morgan fingerprint density at radius 2 is 2.27 bits per heavy atom. The van der Waals surface area contributed by atoms with Crippen LogP contribution in [-0.2, 0) is 4.79 Å². The second-order valence-corrected chi connectivity index (χ2v) is 3.20. The lowest BCUT2D eigenvalue weighted by atomic mass is 10.2. The Morgan fingerprint density at radius 1 is 1.47 bits per heavy atom. The van der Waals surface area contributed by atoms with Gasteiger partial charge in [0, 0.05) is 0 Å². The molecule has 0 saturated heterocycles. The molecule has 15 heavy (non-hydrogen) atoms. The van der Waals surface area contributed by atoms with Crippen LogP contribution in [0.4, 0.5) is 5.69 Å². The number of benzene rings is 1. The van der Waals surface area contributed by atoms with Crippen molar-refractivity contribution < 1.29 is 9.53 Å². The quantitative estimate of drug-likeness (QED) is 0.645. The van der Waals surface area contributed by atoms with Crippen LogP contribution in [0.2, 0.25) is 0 Å². The smallest absolute Gasteiger partial charge is 0.231 e. The van der Waals surface area contributed by atoms with Gasteiger partial charge in [-0.1, -0.05) is 12.1 Å². The van der Waals surface area contributed by atoms with Crippen LogP contribution in [0.25, 0.3) is 0 Å². The second-order valence-electron chi connectivity index (χ2n) is 3.20. The Morgan fingerprint density at radius 3 is 3.07 bits per heavy atom. The summed E-state index contributed by atoms with van der Waals surface area (Å²) in [6, 6.07) is 9.25. The molecule has 0 saturated carbocycles. The van der Waals surface area contributed by atoms with Crippen molar-refractivity contribution in [2.75, 3.05) is 18.1 Å². The molecule has 1 aliphatic rings. The summed E-state index contributed by atoms with van der Waals surface area (Å²) in [6.45, 7) is 0.441. The van der Waals surface area contributed by atoms with Crippen LogP contribution in [0, 0.1) is 11.3 Å². The summed E-state index contributed by atoms with van der Waals surface area (Å²) >= 11 is 0. The van der Waals surface area contributed by atoms with E-state index in [1.54, 1.807) is 12.1 Å². The average molecular weight is 202 g/mol. The number of amides is 1. The Hall–Kier alpha value is -2.02. The molecular formula is C11H10N2O2. The zero-order chi connectivity index (χ0) is 10.7. The van der Waals surface area contributed by atoms with E-state index in [1.165, 1.54) is 4.90 Å². The Bertz CT molecular complexity index is 423. The van der Waals surface area contributed by atoms with E-state index in [9.17, 15) is 4.79 Å². The number of rotatable bonds is 1. The van der Waals surface area contributed by atoms with E-state index in [0.717, 1.165) is 0 Å². The van der Waals surface area contributed by atoms with Gasteiger partial charge in [-0.05, 0) is 12.1 Å². The van der Waals surface area contributed by atoms with Gasteiger partial charge in [-0.3, -0.25) is 9.69 Å². The summed E-state index contributed by atoms with van der Waals surface area (Å²) in [5, 5.41) is 8.67. The first-order valence-electron chi connectivity index (χ1n) is 4.72. The van der Waals surface area contributed by atoms with E-state index in [2.05, 4.69) is 0 Å². The molecule has 1 aliphatic heterocycles. The number of nitriles is 1. The van der Waals surface area contributed by atoms with E-state index in [-0.39, 0.29) is 12.5 Å². The van der Waals surface area contributed by atoms with Crippen LogP contribution >= 0.6 is 0 Å². The molecular weight excluding hydrogens is 192 g/mol. The van der Waals surface area contributed by atoms with Crippen LogP contribution in [0.3, 0.4) is 0 Å². The highest BCUT2D eigenvalue weighted by Crippen LogP contribution is 2.30. The predicted molar refractivity (Wildman–Crippen MR) is 54.5 cm³/mol. The van der Waals surface area contributed by atoms with Crippen LogP contribution in [0.5, 0.6) is 5.75 Å². The molecule has 2 rings (SSSR count). The van der Waals surface area contributed by atoms with Crippen LogP contribution in [0.1, 0.15) is 6.42 Å². The van der Waals surface area contributed by atoms with Gasteiger partial charge < -0.3 is 4.74 Å². The van der Waals surface area contributed by atoms with Gasteiger partial charge in [0.15, 0.2) is 0 Å². The highest BCUT2D eigenvalue weighted by molar-refractivity contribution is 5.95. The minimum atomic E-state index is -0.0681. The lowest BCUT2D eigenvalue weighted by Crippen LogP contribution is -2.30. The molecule has 0 aliphatic carbocycles. The number of carbonyl (C=O) groups excluding carboxylic acids is 1. The largest absolute Gasteiger partial charge is 0.491 e. The minimum absolute atomic E-state index is 0.0681. The fourth-order valence-corrected chi connectivity index (χ4v) is 1.56. The average Bonchev–Trinajstić information content (AvgIpc) is 2.40. The molecule has 0 atom stereocenters. The maximum absolute atomic E-state index is 11.7. The van der Waals surface area contributed by atoms with Crippen LogP contribution in [0.15, 0.2) is 24.3 Å². The van der Waals surface area contributed by atoms with Crippen LogP contribution < -0.4 is 9.64 Å². The molecule has 0 N–H and O–H groups in total. The van der Waals surface area contributed by atoms with Gasteiger partial charge in [-0.25, -0.2) is 0 Å². The molecule has 0 unspecified atom stereocenters. The third-order valence-corrected chi connectivity index (χ3v) is 2.26. The third-order valence-electron chi connectivity index (χ3n) is 2.26. The van der Waals surface area contributed by atoms with E-state index in [4.69, 9.17) is 10.00 Å². The number of carbonyl (C=O) groups is 1. The first-order valence-corrected chi connectivity index (χ1v) is 4.72. The van der Waals surface area contributed by atoms with Gasteiger partial charge in [0.2, 0.25) is 5.91 Å². The number of hydrogen-bond acceptors (Lipinski definition) is 3. The molecule has 1 aromatic carbocycles. The van der Waals surface area contributed by atoms with Crippen LogP contribution in [-0.4, -0.2) is 19.1 Å². The van der Waals surface area contributed by atoms with Gasteiger partial charge in [0.05, 0.1) is 24.8 Å². The van der Waals surface area contributed by atoms with Gasteiger partial charge in [-0.2, -0.15) is 5.26 Å². The first-order chi connectivity index (χ1) is 7.33. The number of ether oxygens (including phenoxy) is 1. The van der Waals surface area contributed by atoms with Crippen molar-refractivity contribution in [3.05, 3.63) is 24.3 Å². The highest BCUT2D eigenvalue weighted by Gasteiger charge is 2.22. The van der Waals surface area contributed by atoms with E-state index in [1.807, 2.05) is 18.2 Å². The molecule has 0 fully saturated rings. The number of nitrogens with zero attached hydrogens (tertiary/aromatic N) is 2. The molecule has 1 aromatic rings. The standard InChI is InChI=1S/C11H10N2O2/c12-6-7-13-9-3-1-2-4-10(9)15-8-5-11(13)14/h1-4H,5,7-8H2. The van der Waals surface area contributed by atoms with E-state index >= 15 is 0 Å². The summed E-state index contributed by atoms with van der Waals surface area (Å²) in [5.74, 6) is 0.597. The normalized spacial score (nSPS) is 14.9. The van der Waals surface area contributed by atoms with Gasteiger partial charge in [0.1, 0.15) is 12.3 Å². The van der Waals surface area contributed by atoms with Crippen molar-refractivity contribution in [1.82, 2.24) is 0 Å². The molecule has 0 spiro atoms. The molecule has 1 amide bonds. The Labute approximate surface area is 87.7 Å². The predicted octanol–water partition coefficient (Wildman–Crippen LogP) is 1.33. The highest BCUT2D eigenvalue weighted by atomic mass is 16.5. The monoisotopic (exact) mass is 202 g/mol. The summed E-state index contributed by atoms with van der Waals surface area (Å²) in [7, 11) is 0. The number of fused-ring (bicyclic) bond motifs is 1. The Balaban J connectivity index is 2.43. The second kappa shape index (κ2) is 4.01. The fraction of sp³-hybridized carbons (Fsp3) is 0.273. The molecule has 0 aromatic heterocycles. The minimum Gasteiger partial charge on any atom is -0.491 e. The molecule has 1 heterocycles. The number of anilines is 1. The van der Waals surface area contributed by atoms with E-state index < -0.39 is 0 Å². The SMILES string of the molecule is N#CCN1C(=O)CCOc2ccccc21. The number of para-hydroxylation sites is 2. The summed E-state index contributed by atoms with van der Waals surface area (Å²) in [6.07, 6.45) is 0.316. The van der Waals surface area contributed by atoms with Crippen molar-refractivity contribution in [2.24, 2.45) is 0 Å². The van der Waals surface area contributed by atoms with Gasteiger partial charge in [-0.15, -0.1) is 0 Å². The van der Waals surface area contributed by atoms with Crippen molar-refractivity contribution in [3.8, 4) is 11.8 Å². The first kappa shape index (κ1) is 9.53. The van der Waals surface area contributed by atoms with Crippen molar-refractivity contribution in [2.45, 2.75) is 6.42 Å². The van der Waals surface area contributed by atoms with Crippen molar-refractivity contribution in [3.63, 3.8) is 0 Å². The lowest BCUT2D eigenvalue weighted by Gasteiger charge is -2.17. The maximum Gasteiger partial charge on any atom is 0.231 e.